The number of para-hydroxylation sites is 1. The van der Waals surface area contributed by atoms with E-state index >= 15 is 0 Å². The molecule has 0 saturated heterocycles. The number of aromatic nitrogens is 1. The van der Waals surface area contributed by atoms with E-state index in [0.717, 1.165) is 22.7 Å². The molecule has 0 saturated carbocycles. The molecule has 14 rings (SSSR count). The van der Waals surface area contributed by atoms with E-state index in [1.54, 1.807) is 0 Å². The highest BCUT2D eigenvalue weighted by Gasteiger charge is 2.37. The molecule has 0 aliphatic heterocycles. The molecule has 0 bridgehead atoms. The van der Waals surface area contributed by atoms with Crippen molar-refractivity contribution in [1.82, 2.24) is 4.57 Å². The first-order valence-corrected chi connectivity index (χ1v) is 23.3. The van der Waals surface area contributed by atoms with Gasteiger partial charge in [-0.05, 0) is 155 Å². The van der Waals surface area contributed by atoms with Crippen LogP contribution in [0, 0.1) is 0 Å². The minimum Gasteiger partial charge on any atom is -0.310 e. The Bertz CT molecular complexity index is 3960. The molecule has 0 fully saturated rings. The van der Waals surface area contributed by atoms with Crippen LogP contribution in [-0.2, 0) is 10.8 Å². The van der Waals surface area contributed by atoms with Gasteiger partial charge in [-0.3, -0.25) is 0 Å². The third-order valence-corrected chi connectivity index (χ3v) is 15.5. The van der Waals surface area contributed by atoms with Crippen LogP contribution in [0.2, 0.25) is 0 Å². The van der Waals surface area contributed by atoms with Gasteiger partial charge in [0.25, 0.3) is 0 Å². The Hall–Kier alpha value is -7.94. The van der Waals surface area contributed by atoms with Crippen molar-refractivity contribution in [3.63, 3.8) is 0 Å². The van der Waals surface area contributed by atoms with Gasteiger partial charge in [-0.1, -0.05) is 167 Å². The van der Waals surface area contributed by atoms with Crippen LogP contribution in [0.3, 0.4) is 0 Å². The van der Waals surface area contributed by atoms with Crippen LogP contribution < -0.4 is 4.90 Å². The molecule has 0 amide bonds. The third kappa shape index (κ3) is 5.07. The molecule has 0 atom stereocenters. The van der Waals surface area contributed by atoms with Crippen molar-refractivity contribution in [2.45, 2.75) is 38.5 Å². The number of rotatable bonds is 5. The van der Waals surface area contributed by atoms with Crippen LogP contribution >= 0.6 is 0 Å². The minimum atomic E-state index is -0.136. The number of fused-ring (bicyclic) bond motifs is 10. The number of nitrogens with zero attached hydrogens (tertiary/aromatic N) is 2. The predicted molar refractivity (Wildman–Crippen MR) is 280 cm³/mol. The highest BCUT2D eigenvalue weighted by atomic mass is 15.1. The van der Waals surface area contributed by atoms with Crippen LogP contribution in [-0.4, -0.2) is 4.57 Å². The molecule has 2 aliphatic rings. The second-order valence-electron chi connectivity index (χ2n) is 19.7. The third-order valence-electron chi connectivity index (χ3n) is 15.5. The largest absolute Gasteiger partial charge is 0.310 e. The molecule has 66 heavy (non-hydrogen) atoms. The molecule has 312 valence electrons. The lowest BCUT2D eigenvalue weighted by Gasteiger charge is -2.28. The van der Waals surface area contributed by atoms with Crippen LogP contribution in [0.5, 0.6) is 0 Å². The maximum absolute atomic E-state index is 2.48. The molecule has 1 aromatic heterocycles. The fourth-order valence-electron chi connectivity index (χ4n) is 12.3. The normalized spacial score (nSPS) is 14.3. The molecule has 0 N–H and O–H groups in total. The monoisotopic (exact) mass is 842 g/mol. The summed E-state index contributed by atoms with van der Waals surface area (Å²) in [4.78, 5) is 2.48. The molecular formula is C64H46N2. The van der Waals surface area contributed by atoms with Crippen molar-refractivity contribution < 1.29 is 0 Å². The lowest BCUT2D eigenvalue weighted by atomic mass is 9.81. The summed E-state index contributed by atoms with van der Waals surface area (Å²) in [5.41, 5.74) is 20.1. The van der Waals surface area contributed by atoms with Gasteiger partial charge in [0.1, 0.15) is 0 Å². The Morgan fingerprint density at radius 2 is 0.894 bits per heavy atom. The highest BCUT2D eigenvalue weighted by Crippen LogP contribution is 2.53. The van der Waals surface area contributed by atoms with Gasteiger partial charge in [0.2, 0.25) is 0 Å². The average molecular weight is 843 g/mol. The van der Waals surface area contributed by atoms with Crippen LogP contribution in [0.1, 0.15) is 49.9 Å². The van der Waals surface area contributed by atoms with Gasteiger partial charge in [-0.2, -0.15) is 0 Å². The molecule has 1 heterocycles. The van der Waals surface area contributed by atoms with Gasteiger partial charge in [0, 0.05) is 44.4 Å². The minimum absolute atomic E-state index is 0.0576. The van der Waals surface area contributed by atoms with Crippen molar-refractivity contribution >= 4 is 71.2 Å². The maximum Gasteiger partial charge on any atom is 0.0553 e. The van der Waals surface area contributed by atoms with E-state index < -0.39 is 0 Å². The topological polar surface area (TPSA) is 8.17 Å². The molecule has 0 unspecified atom stereocenters. The van der Waals surface area contributed by atoms with Crippen molar-refractivity contribution in [1.29, 1.82) is 0 Å². The van der Waals surface area contributed by atoms with Gasteiger partial charge in [-0.15, -0.1) is 0 Å². The SMILES string of the molecule is CC1(C)c2ccccc2-c2ccc(-c3ccc(N(c4ccc5c(c4)C(C)(C)c4ccccc4-5)c4ccc5c(c4)c4c6ccc7cccc8ccc(cc4n5-c4ccccc4)c6c87)cc3)cc21. The summed E-state index contributed by atoms with van der Waals surface area (Å²) in [5.74, 6) is 0. The quantitative estimate of drug-likeness (QED) is 0.157. The van der Waals surface area contributed by atoms with Gasteiger partial charge in [0.05, 0.1) is 11.0 Å². The van der Waals surface area contributed by atoms with E-state index in [4.69, 9.17) is 0 Å². The summed E-state index contributed by atoms with van der Waals surface area (Å²) in [6.07, 6.45) is 0. The maximum atomic E-state index is 2.48. The average Bonchev–Trinajstić information content (AvgIpc) is 3.89. The Morgan fingerprint density at radius 3 is 1.62 bits per heavy atom. The van der Waals surface area contributed by atoms with E-state index in [9.17, 15) is 0 Å². The zero-order chi connectivity index (χ0) is 44.1. The molecule has 2 nitrogen and oxygen atoms in total. The van der Waals surface area contributed by atoms with Crippen molar-refractivity contribution in [3.05, 3.63) is 229 Å². The predicted octanol–water partition coefficient (Wildman–Crippen LogP) is 17.4. The molecular weight excluding hydrogens is 797 g/mol. The zero-order valence-electron chi connectivity index (χ0n) is 37.5. The van der Waals surface area contributed by atoms with E-state index in [-0.39, 0.29) is 10.8 Å². The van der Waals surface area contributed by atoms with Gasteiger partial charge in [0.15, 0.2) is 0 Å². The lowest BCUT2D eigenvalue weighted by molar-refractivity contribution is 0.660. The van der Waals surface area contributed by atoms with Crippen LogP contribution in [0.4, 0.5) is 17.1 Å². The van der Waals surface area contributed by atoms with Crippen molar-refractivity contribution in [2.75, 3.05) is 4.90 Å². The summed E-state index contributed by atoms with van der Waals surface area (Å²) in [7, 11) is 0. The van der Waals surface area contributed by atoms with E-state index in [0.29, 0.717) is 0 Å². The Labute approximate surface area is 385 Å². The first-order valence-electron chi connectivity index (χ1n) is 23.3. The highest BCUT2D eigenvalue weighted by molar-refractivity contribution is 6.33. The second-order valence-corrected chi connectivity index (χ2v) is 19.7. The van der Waals surface area contributed by atoms with Crippen LogP contribution in [0.15, 0.2) is 206 Å². The summed E-state index contributed by atoms with van der Waals surface area (Å²) in [5, 5.41) is 10.3. The summed E-state index contributed by atoms with van der Waals surface area (Å²) < 4.78 is 2.47. The summed E-state index contributed by atoms with van der Waals surface area (Å²) in [6.45, 7) is 9.47. The lowest BCUT2D eigenvalue weighted by Crippen LogP contribution is -2.16. The standard InChI is InChI=1S/C64H46N2/c1-63(2)54-19-10-8-17-48(54)50-31-26-42(35-56(50)63)39-23-27-45(28-24-39)65(47-29-33-51-49-18-9-11-20-55(49)64(3,4)57(51)38-47)46-30-34-58-53(37-46)62-52-32-25-41-14-12-13-40-21-22-43(61(52)60(40)41)36-59(62)66(58)44-15-6-5-7-16-44/h5-38H,1-4H3. The van der Waals surface area contributed by atoms with Gasteiger partial charge < -0.3 is 9.47 Å². The number of anilines is 3. The van der Waals surface area contributed by atoms with E-state index in [1.165, 1.54) is 110 Å². The molecule has 2 aliphatic carbocycles. The van der Waals surface area contributed by atoms with E-state index in [1.807, 2.05) is 0 Å². The number of hydrogen-bond donors (Lipinski definition) is 0. The van der Waals surface area contributed by atoms with E-state index in [2.05, 4.69) is 243 Å². The first-order chi connectivity index (χ1) is 32.2. The van der Waals surface area contributed by atoms with Gasteiger partial charge >= 0.3 is 0 Å². The zero-order valence-corrected chi connectivity index (χ0v) is 37.5. The van der Waals surface area contributed by atoms with Crippen molar-refractivity contribution in [2.24, 2.45) is 0 Å². The Kier molecular flexibility index (Phi) is 7.55. The summed E-state index contributed by atoms with van der Waals surface area (Å²) in [6, 6.07) is 77.7. The van der Waals surface area contributed by atoms with Crippen LogP contribution in [0.25, 0.3) is 93.2 Å². The molecule has 0 radical (unpaired) electrons. The Morgan fingerprint density at radius 1 is 0.333 bits per heavy atom. The first kappa shape index (κ1) is 37.4. The Balaban J connectivity index is 0.987. The fourth-order valence-corrected chi connectivity index (χ4v) is 12.3. The number of hydrogen-bond acceptors (Lipinski definition) is 1. The number of benzene rings is 11. The molecule has 0 spiro atoms. The summed E-state index contributed by atoms with van der Waals surface area (Å²) >= 11 is 0. The molecule has 2 heteroatoms. The smallest absolute Gasteiger partial charge is 0.0553 e. The fraction of sp³-hybridized carbons (Fsp3) is 0.0938. The van der Waals surface area contributed by atoms with Gasteiger partial charge in [-0.25, -0.2) is 0 Å². The molecule has 11 aromatic carbocycles. The van der Waals surface area contributed by atoms with Crippen molar-refractivity contribution in [3.8, 4) is 39.1 Å². The second kappa shape index (κ2) is 13.3. The molecule has 12 aromatic rings.